The van der Waals surface area contributed by atoms with Crippen molar-refractivity contribution in [1.82, 2.24) is 0 Å². The zero-order valence-corrected chi connectivity index (χ0v) is 7.59. The molecule has 1 saturated heterocycles. The Morgan fingerprint density at radius 1 is 1.10 bits per heavy atom. The summed E-state index contributed by atoms with van der Waals surface area (Å²) in [6, 6.07) is 0.503. The first-order valence-corrected chi connectivity index (χ1v) is 5.96. The van der Waals surface area contributed by atoms with Crippen molar-refractivity contribution in [2.24, 2.45) is 5.73 Å². The fraction of sp³-hybridized carbons (Fsp3) is 1.00. The molecule has 0 aromatic carbocycles. The van der Waals surface area contributed by atoms with Crippen molar-refractivity contribution in [3.05, 3.63) is 0 Å². The highest BCUT2D eigenvalue weighted by Crippen LogP contribution is 2.40. The molecular formula is C7H13NS2. The second kappa shape index (κ2) is 2.95. The van der Waals surface area contributed by atoms with E-state index >= 15 is 0 Å². The summed E-state index contributed by atoms with van der Waals surface area (Å²) in [5, 5.41) is 1.69. The summed E-state index contributed by atoms with van der Waals surface area (Å²) in [5.74, 6) is 2.66. The lowest BCUT2D eigenvalue weighted by Crippen LogP contribution is -2.34. The summed E-state index contributed by atoms with van der Waals surface area (Å²) in [6.45, 7) is 0. The molecule has 1 nitrogen and oxygen atoms in total. The van der Waals surface area contributed by atoms with Crippen LogP contribution in [0.3, 0.4) is 0 Å². The van der Waals surface area contributed by atoms with Gasteiger partial charge in [-0.1, -0.05) is 0 Å². The number of rotatable bonds is 0. The van der Waals surface area contributed by atoms with Gasteiger partial charge < -0.3 is 5.73 Å². The van der Waals surface area contributed by atoms with Gasteiger partial charge in [-0.3, -0.25) is 0 Å². The van der Waals surface area contributed by atoms with Crippen LogP contribution in [0.1, 0.15) is 12.8 Å². The molecule has 1 aliphatic carbocycles. The molecule has 0 amide bonds. The summed E-state index contributed by atoms with van der Waals surface area (Å²) in [5.41, 5.74) is 5.96. The zero-order valence-electron chi connectivity index (χ0n) is 5.95. The van der Waals surface area contributed by atoms with Crippen LogP contribution in [-0.2, 0) is 0 Å². The molecule has 3 heteroatoms. The van der Waals surface area contributed by atoms with E-state index in [9.17, 15) is 0 Å². The van der Waals surface area contributed by atoms with E-state index in [2.05, 4.69) is 23.5 Å². The molecule has 1 saturated carbocycles. The van der Waals surface area contributed by atoms with Crippen molar-refractivity contribution in [2.75, 3.05) is 11.5 Å². The molecule has 2 fully saturated rings. The Bertz CT molecular complexity index is 127. The van der Waals surface area contributed by atoms with E-state index in [1.807, 2.05) is 0 Å². The Labute approximate surface area is 70.5 Å². The monoisotopic (exact) mass is 175 g/mol. The molecule has 0 aromatic heterocycles. The molecule has 10 heavy (non-hydrogen) atoms. The molecule has 0 spiro atoms. The third kappa shape index (κ3) is 1.19. The maximum Gasteiger partial charge on any atom is 0.0318 e. The van der Waals surface area contributed by atoms with Crippen LogP contribution in [0.2, 0.25) is 0 Å². The van der Waals surface area contributed by atoms with E-state index in [-0.39, 0.29) is 0 Å². The molecule has 0 unspecified atom stereocenters. The molecule has 1 heterocycles. The Kier molecular flexibility index (Phi) is 2.16. The fourth-order valence-electron chi connectivity index (χ4n) is 1.75. The van der Waals surface area contributed by atoms with Gasteiger partial charge in [-0.25, -0.2) is 0 Å². The second-order valence-electron chi connectivity index (χ2n) is 2.99. The van der Waals surface area contributed by atoms with Crippen molar-refractivity contribution in [3.63, 3.8) is 0 Å². The lowest BCUT2D eigenvalue weighted by atomic mass is 10.3. The predicted molar refractivity (Wildman–Crippen MR) is 49.7 cm³/mol. The summed E-state index contributed by atoms with van der Waals surface area (Å²) < 4.78 is 0. The van der Waals surface area contributed by atoms with Gasteiger partial charge in [0.15, 0.2) is 0 Å². The third-order valence-electron chi connectivity index (χ3n) is 2.30. The van der Waals surface area contributed by atoms with Gasteiger partial charge in [0, 0.05) is 28.0 Å². The van der Waals surface area contributed by atoms with Gasteiger partial charge in [0.05, 0.1) is 0 Å². The lowest BCUT2D eigenvalue weighted by Gasteiger charge is -2.26. The molecule has 2 aliphatic rings. The van der Waals surface area contributed by atoms with Crippen LogP contribution in [-0.4, -0.2) is 28.0 Å². The quantitative estimate of drug-likeness (QED) is 0.601. The standard InChI is InChI=1S/C7H13NS2/c8-5-1-2-6-7(5)10-4-3-9-6/h5-7H,1-4,8H2/t5-,6-,7-/m0/s1. The topological polar surface area (TPSA) is 26.0 Å². The first kappa shape index (κ1) is 7.32. The van der Waals surface area contributed by atoms with Crippen molar-refractivity contribution in [1.29, 1.82) is 0 Å². The van der Waals surface area contributed by atoms with Crippen molar-refractivity contribution < 1.29 is 0 Å². The molecule has 1 aliphatic heterocycles. The maximum atomic E-state index is 5.96. The smallest absolute Gasteiger partial charge is 0.0318 e. The minimum absolute atomic E-state index is 0.503. The third-order valence-corrected chi connectivity index (χ3v) is 5.63. The summed E-state index contributed by atoms with van der Waals surface area (Å²) in [4.78, 5) is 0. The van der Waals surface area contributed by atoms with Crippen LogP contribution in [0.4, 0.5) is 0 Å². The first-order chi connectivity index (χ1) is 4.88. The number of hydrogen-bond acceptors (Lipinski definition) is 3. The van der Waals surface area contributed by atoms with Gasteiger partial charge >= 0.3 is 0 Å². The Hall–Kier alpha value is 0.660. The van der Waals surface area contributed by atoms with Crippen LogP contribution in [0.25, 0.3) is 0 Å². The normalized spacial score (nSPS) is 47.1. The average molecular weight is 175 g/mol. The predicted octanol–water partition coefficient (Wildman–Crippen LogP) is 1.32. The van der Waals surface area contributed by atoms with Crippen LogP contribution >= 0.6 is 23.5 Å². The Morgan fingerprint density at radius 2 is 1.90 bits per heavy atom. The Balaban J connectivity index is 2.01. The molecule has 58 valence electrons. The average Bonchev–Trinajstić information content (AvgIpc) is 2.34. The minimum atomic E-state index is 0.503. The molecular weight excluding hydrogens is 162 g/mol. The lowest BCUT2D eigenvalue weighted by molar-refractivity contribution is 0.716. The summed E-state index contributed by atoms with van der Waals surface area (Å²) >= 11 is 4.23. The highest BCUT2D eigenvalue weighted by atomic mass is 32.2. The van der Waals surface area contributed by atoms with Crippen molar-refractivity contribution in [3.8, 4) is 0 Å². The van der Waals surface area contributed by atoms with E-state index in [1.54, 1.807) is 0 Å². The van der Waals surface area contributed by atoms with Gasteiger partial charge in [0.2, 0.25) is 0 Å². The number of nitrogens with two attached hydrogens (primary N) is 1. The van der Waals surface area contributed by atoms with Gasteiger partial charge in [-0.2, -0.15) is 23.5 Å². The second-order valence-corrected chi connectivity index (χ2v) is 5.62. The van der Waals surface area contributed by atoms with E-state index in [0.717, 1.165) is 10.5 Å². The molecule has 2 rings (SSSR count). The van der Waals surface area contributed by atoms with Gasteiger partial charge in [-0.05, 0) is 12.8 Å². The fourth-order valence-corrected chi connectivity index (χ4v) is 5.00. The van der Waals surface area contributed by atoms with Crippen LogP contribution < -0.4 is 5.73 Å². The van der Waals surface area contributed by atoms with E-state index in [1.165, 1.54) is 24.3 Å². The highest BCUT2D eigenvalue weighted by Gasteiger charge is 2.36. The zero-order chi connectivity index (χ0) is 6.97. The van der Waals surface area contributed by atoms with Gasteiger partial charge in [0.25, 0.3) is 0 Å². The van der Waals surface area contributed by atoms with Crippen LogP contribution in [0.15, 0.2) is 0 Å². The van der Waals surface area contributed by atoms with E-state index in [4.69, 9.17) is 5.73 Å². The summed E-state index contributed by atoms with van der Waals surface area (Å²) in [6.07, 6.45) is 2.62. The highest BCUT2D eigenvalue weighted by molar-refractivity contribution is 8.07. The molecule has 0 radical (unpaired) electrons. The first-order valence-electron chi connectivity index (χ1n) is 3.87. The molecule has 2 N–H and O–H groups in total. The number of hydrogen-bond donors (Lipinski definition) is 1. The molecule has 0 bridgehead atoms. The van der Waals surface area contributed by atoms with Crippen LogP contribution in [0.5, 0.6) is 0 Å². The van der Waals surface area contributed by atoms with Gasteiger partial charge in [0.1, 0.15) is 0 Å². The SMILES string of the molecule is N[C@H]1CC[C@@H]2SCCS[C@H]21. The number of thioether (sulfide) groups is 2. The number of fused-ring (bicyclic) bond motifs is 1. The largest absolute Gasteiger partial charge is 0.327 e. The van der Waals surface area contributed by atoms with Crippen molar-refractivity contribution >= 4 is 23.5 Å². The Morgan fingerprint density at radius 3 is 2.70 bits per heavy atom. The molecule has 0 aromatic rings. The summed E-state index contributed by atoms with van der Waals surface area (Å²) in [7, 11) is 0. The molecule has 3 atom stereocenters. The van der Waals surface area contributed by atoms with E-state index < -0.39 is 0 Å². The minimum Gasteiger partial charge on any atom is -0.327 e. The van der Waals surface area contributed by atoms with E-state index in [0.29, 0.717) is 6.04 Å². The van der Waals surface area contributed by atoms with Crippen LogP contribution in [0, 0.1) is 0 Å². The van der Waals surface area contributed by atoms with Crippen molar-refractivity contribution in [2.45, 2.75) is 29.4 Å². The van der Waals surface area contributed by atoms with Gasteiger partial charge in [-0.15, -0.1) is 0 Å². The maximum absolute atomic E-state index is 5.96.